The minimum atomic E-state index is -0.0819. The van der Waals surface area contributed by atoms with Crippen molar-refractivity contribution in [3.8, 4) is 5.69 Å². The van der Waals surface area contributed by atoms with Gasteiger partial charge in [-0.2, -0.15) is 5.10 Å². The van der Waals surface area contributed by atoms with Crippen LogP contribution in [-0.2, 0) is 6.54 Å². The summed E-state index contributed by atoms with van der Waals surface area (Å²) < 4.78 is 1.84. The van der Waals surface area contributed by atoms with Crippen molar-refractivity contribution in [1.29, 1.82) is 0 Å². The largest absolute Gasteiger partial charge is 0.371 e. The number of nitrogens with zero attached hydrogens (tertiary/aromatic N) is 3. The first-order valence-electron chi connectivity index (χ1n) is 10.4. The number of rotatable bonds is 5. The summed E-state index contributed by atoms with van der Waals surface area (Å²) in [6.45, 7) is 6.65. The van der Waals surface area contributed by atoms with Crippen LogP contribution in [0, 0.1) is 13.8 Å². The smallest absolute Gasteiger partial charge is 0.253 e. The van der Waals surface area contributed by atoms with Gasteiger partial charge in [-0.15, -0.1) is 0 Å². The van der Waals surface area contributed by atoms with E-state index in [-0.39, 0.29) is 5.91 Å². The van der Waals surface area contributed by atoms with E-state index in [1.807, 2.05) is 54.9 Å². The zero-order valence-corrected chi connectivity index (χ0v) is 17.2. The molecular weight excluding hydrogens is 360 g/mol. The molecule has 4 rings (SSSR count). The van der Waals surface area contributed by atoms with Crippen molar-refractivity contribution in [3.05, 3.63) is 77.1 Å². The number of piperidine rings is 1. The molecule has 1 N–H and O–H groups in total. The molecule has 1 aromatic heterocycles. The molecule has 0 spiro atoms. The molecule has 5 heteroatoms. The molecule has 150 valence electrons. The molecule has 0 atom stereocenters. The van der Waals surface area contributed by atoms with Gasteiger partial charge in [0.1, 0.15) is 0 Å². The van der Waals surface area contributed by atoms with Crippen LogP contribution < -0.4 is 10.2 Å². The Morgan fingerprint density at radius 1 is 0.966 bits per heavy atom. The van der Waals surface area contributed by atoms with Gasteiger partial charge >= 0.3 is 0 Å². The maximum Gasteiger partial charge on any atom is 0.253 e. The summed E-state index contributed by atoms with van der Waals surface area (Å²) in [6.07, 6.45) is 3.77. The second-order valence-corrected chi connectivity index (χ2v) is 7.72. The molecule has 0 unspecified atom stereocenters. The standard InChI is InChI=1S/C24H28N4O/c1-18-16-19(2)28(26-18)23-13-7-5-11-21(23)24(29)25-17-20-10-4-6-12-22(20)27-14-8-3-9-15-27/h4-7,10-13,16H,3,8-9,14-15,17H2,1-2H3,(H,25,29). The lowest BCUT2D eigenvalue weighted by Crippen LogP contribution is -2.31. The highest BCUT2D eigenvalue weighted by molar-refractivity contribution is 5.97. The summed E-state index contributed by atoms with van der Waals surface area (Å²) in [5, 5.41) is 7.67. The number of anilines is 1. The molecule has 3 aromatic rings. The van der Waals surface area contributed by atoms with Crippen molar-refractivity contribution in [3.63, 3.8) is 0 Å². The molecule has 29 heavy (non-hydrogen) atoms. The lowest BCUT2D eigenvalue weighted by atomic mass is 10.1. The van der Waals surface area contributed by atoms with Crippen LogP contribution in [0.5, 0.6) is 0 Å². The maximum atomic E-state index is 13.1. The van der Waals surface area contributed by atoms with Gasteiger partial charge in [0.15, 0.2) is 0 Å². The molecular formula is C24H28N4O. The number of amides is 1. The van der Waals surface area contributed by atoms with Crippen molar-refractivity contribution >= 4 is 11.6 Å². The molecule has 0 bridgehead atoms. The zero-order chi connectivity index (χ0) is 20.2. The summed E-state index contributed by atoms with van der Waals surface area (Å²) in [5.41, 5.74) is 5.78. The highest BCUT2D eigenvalue weighted by atomic mass is 16.1. The molecule has 0 aliphatic carbocycles. The van der Waals surface area contributed by atoms with Crippen molar-refractivity contribution in [2.75, 3.05) is 18.0 Å². The number of nitrogens with one attached hydrogen (secondary N) is 1. The summed E-state index contributed by atoms with van der Waals surface area (Å²) in [4.78, 5) is 15.5. The molecule has 2 aromatic carbocycles. The molecule has 1 aliphatic heterocycles. The number of carbonyl (C=O) groups excluding carboxylic acids is 1. The van der Waals surface area contributed by atoms with Crippen molar-refractivity contribution in [1.82, 2.24) is 15.1 Å². The van der Waals surface area contributed by atoms with E-state index in [1.54, 1.807) is 0 Å². The van der Waals surface area contributed by atoms with Crippen molar-refractivity contribution in [2.24, 2.45) is 0 Å². The van der Waals surface area contributed by atoms with Crippen LogP contribution in [0.3, 0.4) is 0 Å². The summed E-state index contributed by atoms with van der Waals surface area (Å²) in [7, 11) is 0. The number of hydrogen-bond acceptors (Lipinski definition) is 3. The highest BCUT2D eigenvalue weighted by Crippen LogP contribution is 2.24. The number of aryl methyl sites for hydroxylation is 2. The quantitative estimate of drug-likeness (QED) is 0.704. The van der Waals surface area contributed by atoms with Gasteiger partial charge in [0, 0.05) is 31.0 Å². The molecule has 1 aliphatic rings. The molecule has 0 saturated carbocycles. The average Bonchev–Trinajstić information content (AvgIpc) is 3.10. The third-order valence-electron chi connectivity index (χ3n) is 5.51. The summed E-state index contributed by atoms with van der Waals surface area (Å²) >= 11 is 0. The Morgan fingerprint density at radius 3 is 2.38 bits per heavy atom. The van der Waals surface area contributed by atoms with Gasteiger partial charge in [-0.1, -0.05) is 30.3 Å². The fourth-order valence-electron chi connectivity index (χ4n) is 4.10. The number of carbonyl (C=O) groups is 1. The Bertz CT molecular complexity index is 1000. The monoisotopic (exact) mass is 388 g/mol. The predicted octanol–water partition coefficient (Wildman–Crippen LogP) is 4.41. The van der Waals surface area contributed by atoms with E-state index in [9.17, 15) is 4.79 Å². The van der Waals surface area contributed by atoms with Crippen molar-refractivity contribution < 1.29 is 4.79 Å². The Kier molecular flexibility index (Phi) is 5.65. The number of aromatic nitrogens is 2. The van der Waals surface area contributed by atoms with Crippen LogP contribution in [-0.4, -0.2) is 28.8 Å². The Balaban J connectivity index is 1.54. The maximum absolute atomic E-state index is 13.1. The lowest BCUT2D eigenvalue weighted by molar-refractivity contribution is 0.0951. The zero-order valence-electron chi connectivity index (χ0n) is 17.2. The van der Waals surface area contributed by atoms with Gasteiger partial charge in [-0.3, -0.25) is 4.79 Å². The first-order valence-corrected chi connectivity index (χ1v) is 10.4. The predicted molar refractivity (Wildman–Crippen MR) is 117 cm³/mol. The number of para-hydroxylation sites is 2. The fourth-order valence-corrected chi connectivity index (χ4v) is 4.10. The number of hydrogen-bond donors (Lipinski definition) is 1. The van der Waals surface area contributed by atoms with Crippen LogP contribution in [0.1, 0.15) is 46.6 Å². The first kappa shape index (κ1) is 19.2. The van der Waals surface area contributed by atoms with E-state index >= 15 is 0 Å². The fraction of sp³-hybridized carbons (Fsp3) is 0.333. The van der Waals surface area contributed by atoms with Crippen LogP contribution in [0.2, 0.25) is 0 Å². The molecule has 1 fully saturated rings. The van der Waals surface area contributed by atoms with E-state index in [0.29, 0.717) is 12.1 Å². The molecule has 5 nitrogen and oxygen atoms in total. The Labute approximate surface area is 172 Å². The highest BCUT2D eigenvalue weighted by Gasteiger charge is 2.17. The lowest BCUT2D eigenvalue weighted by Gasteiger charge is -2.30. The first-order chi connectivity index (χ1) is 14.1. The SMILES string of the molecule is Cc1cc(C)n(-c2ccccc2C(=O)NCc2ccccc2N2CCCCC2)n1. The van der Waals surface area contributed by atoms with Gasteiger partial charge in [0.05, 0.1) is 16.9 Å². The van der Waals surface area contributed by atoms with Gasteiger partial charge in [-0.25, -0.2) is 4.68 Å². The van der Waals surface area contributed by atoms with Crippen LogP contribution in [0.4, 0.5) is 5.69 Å². The van der Waals surface area contributed by atoms with E-state index in [2.05, 4.69) is 33.5 Å². The van der Waals surface area contributed by atoms with Crippen LogP contribution >= 0.6 is 0 Å². The van der Waals surface area contributed by atoms with Crippen LogP contribution in [0.15, 0.2) is 54.6 Å². The average molecular weight is 389 g/mol. The van der Waals surface area contributed by atoms with Gasteiger partial charge < -0.3 is 10.2 Å². The molecule has 0 radical (unpaired) electrons. The Hall–Kier alpha value is -3.08. The van der Waals surface area contributed by atoms with E-state index in [1.165, 1.54) is 24.9 Å². The van der Waals surface area contributed by atoms with E-state index < -0.39 is 0 Å². The second kappa shape index (κ2) is 8.52. The van der Waals surface area contributed by atoms with Crippen molar-refractivity contribution in [2.45, 2.75) is 39.7 Å². The van der Waals surface area contributed by atoms with Gasteiger partial charge in [0.25, 0.3) is 5.91 Å². The number of benzene rings is 2. The molecule has 1 amide bonds. The minimum absolute atomic E-state index is 0.0819. The summed E-state index contributed by atoms with van der Waals surface area (Å²) in [5.74, 6) is -0.0819. The topological polar surface area (TPSA) is 50.2 Å². The minimum Gasteiger partial charge on any atom is -0.371 e. The third kappa shape index (κ3) is 4.19. The second-order valence-electron chi connectivity index (χ2n) is 7.72. The van der Waals surface area contributed by atoms with Gasteiger partial charge in [0.2, 0.25) is 0 Å². The third-order valence-corrected chi connectivity index (χ3v) is 5.51. The van der Waals surface area contributed by atoms with E-state index in [0.717, 1.165) is 35.7 Å². The van der Waals surface area contributed by atoms with Gasteiger partial charge in [-0.05, 0) is 62.9 Å². The Morgan fingerprint density at radius 2 is 1.66 bits per heavy atom. The molecule has 2 heterocycles. The summed E-state index contributed by atoms with van der Waals surface area (Å²) in [6, 6.07) is 18.0. The van der Waals surface area contributed by atoms with Crippen LogP contribution in [0.25, 0.3) is 5.69 Å². The normalized spacial score (nSPS) is 14.1. The van der Waals surface area contributed by atoms with E-state index in [4.69, 9.17) is 0 Å². The molecule has 1 saturated heterocycles.